The fourth-order valence-electron chi connectivity index (χ4n) is 4.49. The van der Waals surface area contributed by atoms with Crippen LogP contribution >= 0.6 is 11.3 Å². The first kappa shape index (κ1) is 18.9. The number of carbonyl (C=O) groups excluding carboxylic acids is 2. The number of rotatable bonds is 4. The summed E-state index contributed by atoms with van der Waals surface area (Å²) >= 11 is 1.50. The highest BCUT2D eigenvalue weighted by Crippen LogP contribution is 2.44. The highest BCUT2D eigenvalue weighted by atomic mass is 32.1. The second-order valence-corrected chi connectivity index (χ2v) is 9.13. The molecule has 0 spiro atoms. The van der Waals surface area contributed by atoms with E-state index in [0.29, 0.717) is 5.69 Å². The van der Waals surface area contributed by atoms with Gasteiger partial charge in [0.25, 0.3) is 5.91 Å². The molecule has 1 aromatic heterocycles. The third kappa shape index (κ3) is 2.98. The molecule has 1 saturated heterocycles. The van der Waals surface area contributed by atoms with E-state index in [1.165, 1.54) is 22.5 Å². The Morgan fingerprint density at radius 3 is 2.61 bits per heavy atom. The van der Waals surface area contributed by atoms with Gasteiger partial charge in [0.2, 0.25) is 5.91 Å². The maximum Gasteiger partial charge on any atom is 0.275 e. The molecule has 2 fully saturated rings. The Labute approximate surface area is 169 Å². The van der Waals surface area contributed by atoms with Crippen LogP contribution in [0.1, 0.15) is 40.9 Å². The summed E-state index contributed by atoms with van der Waals surface area (Å²) in [5.74, 6) is -0.395. The molecule has 2 heterocycles. The summed E-state index contributed by atoms with van der Waals surface area (Å²) in [6.07, 6.45) is 2.76. The molecule has 148 valence electrons. The van der Waals surface area contributed by atoms with Crippen molar-refractivity contribution < 1.29 is 9.59 Å². The van der Waals surface area contributed by atoms with Gasteiger partial charge in [-0.05, 0) is 55.7 Å². The molecule has 2 bridgehead atoms. The van der Waals surface area contributed by atoms with Gasteiger partial charge in [-0.3, -0.25) is 9.59 Å². The van der Waals surface area contributed by atoms with E-state index in [4.69, 9.17) is 5.73 Å². The summed E-state index contributed by atoms with van der Waals surface area (Å²) in [6, 6.07) is 5.78. The third-order valence-electron chi connectivity index (χ3n) is 6.08. The van der Waals surface area contributed by atoms with Crippen LogP contribution in [0.3, 0.4) is 0 Å². The number of nitrogens with zero attached hydrogens (tertiary/aromatic N) is 3. The van der Waals surface area contributed by atoms with E-state index in [9.17, 15) is 9.59 Å². The van der Waals surface area contributed by atoms with Crippen LogP contribution in [0.25, 0.3) is 10.4 Å². The summed E-state index contributed by atoms with van der Waals surface area (Å²) in [7, 11) is 3.84. The van der Waals surface area contributed by atoms with Crippen molar-refractivity contribution in [1.29, 1.82) is 0 Å². The number of hydrogen-bond acceptors (Lipinski definition) is 5. The lowest BCUT2D eigenvalue weighted by Gasteiger charge is -2.33. The molecule has 28 heavy (non-hydrogen) atoms. The second kappa shape index (κ2) is 6.88. The van der Waals surface area contributed by atoms with Gasteiger partial charge in [0, 0.05) is 20.1 Å². The Balaban J connectivity index is 1.79. The molecule has 6 nitrogen and oxygen atoms in total. The Hall–Kier alpha value is -2.41. The number of anilines is 1. The van der Waals surface area contributed by atoms with Crippen molar-refractivity contribution >= 4 is 28.3 Å². The van der Waals surface area contributed by atoms with Gasteiger partial charge >= 0.3 is 0 Å². The number of hydrogen-bond donors (Lipinski definition) is 1. The SMILES string of the molecule is Cc1ccc(-c2sc(N(C)C)nc2C(=O)N2C3CCC(C3)C2C(N)=O)cc1C. The number of fused-ring (bicyclic) bond motifs is 2. The van der Waals surface area contributed by atoms with Gasteiger partial charge in [-0.25, -0.2) is 4.98 Å². The quantitative estimate of drug-likeness (QED) is 0.859. The summed E-state index contributed by atoms with van der Waals surface area (Å²) < 4.78 is 0. The number of piperidine rings is 1. The minimum Gasteiger partial charge on any atom is -0.368 e. The maximum atomic E-state index is 13.6. The fourth-order valence-corrected chi connectivity index (χ4v) is 5.47. The number of carbonyl (C=O) groups is 2. The van der Waals surface area contributed by atoms with Crippen molar-refractivity contribution in [2.45, 2.75) is 45.2 Å². The average Bonchev–Trinajstić information content (AvgIpc) is 3.36. The monoisotopic (exact) mass is 398 g/mol. The molecule has 2 amide bonds. The van der Waals surface area contributed by atoms with Crippen LogP contribution in [0.5, 0.6) is 0 Å². The molecular weight excluding hydrogens is 372 g/mol. The lowest BCUT2D eigenvalue weighted by molar-refractivity contribution is -0.123. The Bertz CT molecular complexity index is 952. The van der Waals surface area contributed by atoms with E-state index in [2.05, 4.69) is 31.0 Å². The molecule has 2 aliphatic rings. The second-order valence-electron chi connectivity index (χ2n) is 8.15. The van der Waals surface area contributed by atoms with Crippen LogP contribution in [-0.2, 0) is 4.79 Å². The van der Waals surface area contributed by atoms with Gasteiger partial charge in [-0.15, -0.1) is 0 Å². The number of thiazole rings is 1. The van der Waals surface area contributed by atoms with Crippen molar-refractivity contribution in [2.24, 2.45) is 11.7 Å². The molecule has 3 unspecified atom stereocenters. The first-order valence-corrected chi connectivity index (χ1v) is 10.5. The Morgan fingerprint density at radius 2 is 1.96 bits per heavy atom. The normalized spacial score (nSPS) is 23.3. The van der Waals surface area contributed by atoms with Crippen molar-refractivity contribution in [3.63, 3.8) is 0 Å². The van der Waals surface area contributed by atoms with E-state index >= 15 is 0 Å². The highest BCUT2D eigenvalue weighted by molar-refractivity contribution is 7.19. The van der Waals surface area contributed by atoms with Crippen molar-refractivity contribution in [3.8, 4) is 10.4 Å². The molecule has 1 saturated carbocycles. The molecule has 1 aromatic carbocycles. The smallest absolute Gasteiger partial charge is 0.275 e. The fraction of sp³-hybridized carbons (Fsp3) is 0.476. The van der Waals surface area contributed by atoms with Crippen LogP contribution in [0.15, 0.2) is 18.2 Å². The Morgan fingerprint density at radius 1 is 1.21 bits per heavy atom. The van der Waals surface area contributed by atoms with Crippen molar-refractivity contribution in [1.82, 2.24) is 9.88 Å². The van der Waals surface area contributed by atoms with Crippen molar-refractivity contribution in [2.75, 3.05) is 19.0 Å². The predicted molar refractivity (Wildman–Crippen MR) is 112 cm³/mol. The maximum absolute atomic E-state index is 13.6. The standard InChI is InChI=1S/C21H26N4O2S/c1-11-5-6-14(9-12(11)2)18-16(23-21(28-18)24(3)4)20(27)25-15-8-7-13(10-15)17(25)19(22)26/h5-6,9,13,15,17H,7-8,10H2,1-4H3,(H2,22,26). The van der Waals surface area contributed by atoms with E-state index < -0.39 is 11.9 Å². The summed E-state index contributed by atoms with van der Waals surface area (Å²) in [5.41, 5.74) is 9.46. The minimum atomic E-state index is -0.511. The van der Waals surface area contributed by atoms with Crippen LogP contribution in [0.2, 0.25) is 0 Å². The zero-order valence-corrected chi connectivity index (χ0v) is 17.5. The molecule has 0 radical (unpaired) electrons. The molecule has 7 heteroatoms. The first-order chi connectivity index (χ1) is 13.3. The van der Waals surface area contributed by atoms with Gasteiger partial charge in [-0.1, -0.05) is 29.5 Å². The van der Waals surface area contributed by atoms with E-state index in [-0.39, 0.29) is 17.9 Å². The van der Waals surface area contributed by atoms with Gasteiger partial charge < -0.3 is 15.5 Å². The molecule has 1 aliphatic heterocycles. The topological polar surface area (TPSA) is 79.5 Å². The largest absolute Gasteiger partial charge is 0.368 e. The van der Waals surface area contributed by atoms with Crippen LogP contribution in [0, 0.1) is 19.8 Å². The number of aryl methyl sites for hydroxylation is 2. The van der Waals surface area contributed by atoms with Gasteiger partial charge in [0.15, 0.2) is 5.13 Å². The summed E-state index contributed by atoms with van der Waals surface area (Å²) in [5, 5.41) is 0.775. The lowest BCUT2D eigenvalue weighted by atomic mass is 9.97. The zero-order valence-electron chi connectivity index (χ0n) is 16.7. The van der Waals surface area contributed by atoms with Crippen molar-refractivity contribution in [3.05, 3.63) is 35.0 Å². The minimum absolute atomic E-state index is 0.0899. The molecule has 2 aromatic rings. The number of likely N-dealkylation sites (tertiary alicyclic amines) is 1. The molecule has 2 N–H and O–H groups in total. The summed E-state index contributed by atoms with van der Waals surface area (Å²) in [4.78, 5) is 34.8. The highest BCUT2D eigenvalue weighted by Gasteiger charge is 2.51. The predicted octanol–water partition coefficient (Wildman–Crippen LogP) is 2.97. The molecule has 3 atom stereocenters. The lowest BCUT2D eigenvalue weighted by Crippen LogP contribution is -2.51. The van der Waals surface area contributed by atoms with Gasteiger partial charge in [0.05, 0.1) is 4.88 Å². The summed E-state index contributed by atoms with van der Waals surface area (Å²) in [6.45, 7) is 4.14. The van der Waals surface area contributed by atoms with Crippen LogP contribution < -0.4 is 10.6 Å². The average molecular weight is 399 g/mol. The number of benzene rings is 1. The zero-order chi connectivity index (χ0) is 20.2. The van der Waals surface area contributed by atoms with E-state index in [0.717, 1.165) is 34.8 Å². The Kier molecular flexibility index (Phi) is 4.65. The third-order valence-corrected chi connectivity index (χ3v) is 7.35. The number of aromatic nitrogens is 1. The van der Waals surface area contributed by atoms with Crippen LogP contribution in [0.4, 0.5) is 5.13 Å². The van der Waals surface area contributed by atoms with E-state index in [1.807, 2.05) is 25.1 Å². The van der Waals surface area contributed by atoms with E-state index in [1.54, 1.807) is 4.90 Å². The van der Waals surface area contributed by atoms with Gasteiger partial charge in [0.1, 0.15) is 11.7 Å². The first-order valence-electron chi connectivity index (χ1n) is 9.65. The number of nitrogens with two attached hydrogens (primary N) is 1. The van der Waals surface area contributed by atoms with Crippen LogP contribution in [-0.4, -0.2) is 47.9 Å². The molecule has 1 aliphatic carbocycles. The number of amides is 2. The molecular formula is C21H26N4O2S. The molecule has 4 rings (SSSR count). The van der Waals surface area contributed by atoms with Gasteiger partial charge in [-0.2, -0.15) is 0 Å². The number of primary amides is 1.